The van der Waals surface area contributed by atoms with Gasteiger partial charge in [0.05, 0.1) is 6.54 Å². The zero-order chi connectivity index (χ0) is 15.0. The van der Waals surface area contributed by atoms with Gasteiger partial charge in [-0.25, -0.2) is 0 Å². The van der Waals surface area contributed by atoms with Gasteiger partial charge in [0.2, 0.25) is 11.8 Å². The normalized spacial score (nSPS) is 21.0. The Kier molecular flexibility index (Phi) is 3.84. The Hall–Kier alpha value is -1.26. The van der Waals surface area contributed by atoms with Gasteiger partial charge in [-0.15, -0.1) is 0 Å². The summed E-state index contributed by atoms with van der Waals surface area (Å²) >= 11 is 12.1. The van der Waals surface area contributed by atoms with Crippen molar-refractivity contribution in [3.05, 3.63) is 33.8 Å². The number of carbonyl (C=O) groups excluding carboxylic acids is 2. The lowest BCUT2D eigenvalue weighted by atomic mass is 9.90. The highest BCUT2D eigenvalue weighted by molar-refractivity contribution is 6.35. The summed E-state index contributed by atoms with van der Waals surface area (Å²) in [6.07, 6.45) is 3.36. The lowest BCUT2D eigenvalue weighted by Gasteiger charge is -2.43. The molecule has 0 aromatic heterocycles. The molecule has 0 atom stereocenters. The molecule has 1 N–H and O–H groups in total. The van der Waals surface area contributed by atoms with Gasteiger partial charge in [-0.05, 0) is 30.5 Å². The van der Waals surface area contributed by atoms with Crippen molar-refractivity contribution in [2.24, 2.45) is 0 Å². The number of nitrogens with one attached hydrogen (secondary N) is 1. The van der Waals surface area contributed by atoms with Gasteiger partial charge in [0, 0.05) is 16.6 Å². The first-order valence-corrected chi connectivity index (χ1v) is 7.81. The van der Waals surface area contributed by atoms with Crippen molar-refractivity contribution in [3.8, 4) is 0 Å². The predicted molar refractivity (Wildman–Crippen MR) is 81.2 cm³/mol. The molecule has 1 spiro atoms. The molecule has 6 heteroatoms. The summed E-state index contributed by atoms with van der Waals surface area (Å²) in [5, 5.41) is 3.80. The van der Waals surface area contributed by atoms with E-state index in [1.54, 1.807) is 17.0 Å². The van der Waals surface area contributed by atoms with Crippen molar-refractivity contribution < 1.29 is 9.59 Å². The van der Waals surface area contributed by atoms with Gasteiger partial charge < -0.3 is 10.2 Å². The van der Waals surface area contributed by atoms with Crippen LogP contribution in [-0.2, 0) is 16.1 Å². The molecule has 0 bridgehead atoms. The van der Waals surface area contributed by atoms with E-state index in [1.807, 2.05) is 6.07 Å². The standard InChI is InChI=1S/C15H16Cl2N2O2/c16-11-4-3-10(12(17)7-11)9-19-13(20)8-18-14(21)15(19)5-1-2-6-15/h3-4,7H,1-2,5-6,8-9H2,(H,18,21). The zero-order valence-electron chi connectivity index (χ0n) is 11.5. The molecule has 1 heterocycles. The van der Waals surface area contributed by atoms with E-state index < -0.39 is 5.54 Å². The summed E-state index contributed by atoms with van der Waals surface area (Å²) in [4.78, 5) is 26.4. The minimum atomic E-state index is -0.696. The quantitative estimate of drug-likeness (QED) is 0.908. The topological polar surface area (TPSA) is 49.4 Å². The van der Waals surface area contributed by atoms with Crippen LogP contribution in [0.1, 0.15) is 31.2 Å². The zero-order valence-corrected chi connectivity index (χ0v) is 13.0. The Morgan fingerprint density at radius 3 is 2.57 bits per heavy atom. The van der Waals surface area contributed by atoms with Crippen LogP contribution < -0.4 is 5.32 Å². The fraction of sp³-hybridized carbons (Fsp3) is 0.467. The molecule has 1 aliphatic carbocycles. The second kappa shape index (κ2) is 5.50. The summed E-state index contributed by atoms with van der Waals surface area (Å²) in [5.74, 6) is -0.0906. The molecular formula is C15H16Cl2N2O2. The Labute approximate surface area is 133 Å². The third-order valence-corrected chi connectivity index (χ3v) is 5.00. The smallest absolute Gasteiger partial charge is 0.246 e. The fourth-order valence-electron chi connectivity index (χ4n) is 3.29. The van der Waals surface area contributed by atoms with Crippen molar-refractivity contribution in [3.63, 3.8) is 0 Å². The highest BCUT2D eigenvalue weighted by Crippen LogP contribution is 2.38. The molecule has 2 fully saturated rings. The van der Waals surface area contributed by atoms with Crippen molar-refractivity contribution in [2.75, 3.05) is 6.54 Å². The van der Waals surface area contributed by atoms with Crippen molar-refractivity contribution in [2.45, 2.75) is 37.8 Å². The van der Waals surface area contributed by atoms with E-state index in [-0.39, 0.29) is 18.4 Å². The highest BCUT2D eigenvalue weighted by atomic mass is 35.5. The second-order valence-corrected chi connectivity index (χ2v) is 6.48. The second-order valence-electron chi connectivity index (χ2n) is 5.64. The molecule has 2 aliphatic rings. The van der Waals surface area contributed by atoms with Crippen LogP contribution in [0, 0.1) is 0 Å². The van der Waals surface area contributed by atoms with Gasteiger partial charge in [0.15, 0.2) is 0 Å². The summed E-state index contributed by atoms with van der Waals surface area (Å²) in [5.41, 5.74) is 0.119. The highest BCUT2D eigenvalue weighted by Gasteiger charge is 2.50. The molecule has 1 aliphatic heterocycles. The number of hydrogen-bond acceptors (Lipinski definition) is 2. The first kappa shape index (κ1) is 14.7. The van der Waals surface area contributed by atoms with Gasteiger partial charge in [0.1, 0.15) is 5.54 Å². The van der Waals surface area contributed by atoms with Crippen molar-refractivity contribution in [1.29, 1.82) is 0 Å². The number of rotatable bonds is 2. The molecule has 21 heavy (non-hydrogen) atoms. The summed E-state index contributed by atoms with van der Waals surface area (Å²) in [6.45, 7) is 0.411. The van der Waals surface area contributed by atoms with E-state index in [4.69, 9.17) is 23.2 Å². The third kappa shape index (κ3) is 2.51. The minimum Gasteiger partial charge on any atom is -0.345 e. The third-order valence-electron chi connectivity index (χ3n) is 4.41. The molecule has 112 valence electrons. The molecule has 1 saturated heterocycles. The van der Waals surface area contributed by atoms with E-state index >= 15 is 0 Å². The molecule has 2 amide bonds. The van der Waals surface area contributed by atoms with Crippen LogP contribution in [0.15, 0.2) is 18.2 Å². The Balaban J connectivity index is 1.93. The van der Waals surface area contributed by atoms with Gasteiger partial charge in [0.25, 0.3) is 0 Å². The van der Waals surface area contributed by atoms with Crippen LogP contribution in [0.4, 0.5) is 0 Å². The van der Waals surface area contributed by atoms with E-state index in [2.05, 4.69) is 5.32 Å². The average Bonchev–Trinajstić information content (AvgIpc) is 2.92. The number of nitrogens with zero attached hydrogens (tertiary/aromatic N) is 1. The summed E-state index contributed by atoms with van der Waals surface area (Å²) < 4.78 is 0. The Morgan fingerprint density at radius 2 is 1.90 bits per heavy atom. The maximum absolute atomic E-state index is 12.3. The van der Waals surface area contributed by atoms with E-state index in [0.29, 0.717) is 16.6 Å². The summed E-state index contributed by atoms with van der Waals surface area (Å²) in [7, 11) is 0. The van der Waals surface area contributed by atoms with E-state index in [0.717, 1.165) is 31.2 Å². The Morgan fingerprint density at radius 1 is 1.19 bits per heavy atom. The molecule has 0 unspecified atom stereocenters. The van der Waals surface area contributed by atoms with Crippen LogP contribution in [-0.4, -0.2) is 28.8 Å². The number of hydrogen-bond donors (Lipinski definition) is 1. The van der Waals surface area contributed by atoms with Crippen LogP contribution in [0.5, 0.6) is 0 Å². The molecular weight excluding hydrogens is 311 g/mol. The lowest BCUT2D eigenvalue weighted by Crippen LogP contribution is -2.65. The first-order chi connectivity index (χ1) is 10.0. The molecule has 3 rings (SSSR count). The van der Waals surface area contributed by atoms with Gasteiger partial charge in [-0.3, -0.25) is 9.59 Å². The number of amides is 2. The van der Waals surface area contributed by atoms with Gasteiger partial charge in [-0.2, -0.15) is 0 Å². The van der Waals surface area contributed by atoms with Crippen LogP contribution >= 0.6 is 23.2 Å². The van der Waals surface area contributed by atoms with E-state index in [9.17, 15) is 9.59 Å². The number of benzene rings is 1. The molecule has 1 aromatic carbocycles. The predicted octanol–water partition coefficient (Wildman–Crippen LogP) is 2.76. The number of carbonyl (C=O) groups is 2. The fourth-order valence-corrected chi connectivity index (χ4v) is 3.76. The van der Waals surface area contributed by atoms with Crippen molar-refractivity contribution in [1.82, 2.24) is 10.2 Å². The molecule has 1 aromatic rings. The number of piperazine rings is 1. The maximum Gasteiger partial charge on any atom is 0.246 e. The Bertz CT molecular complexity index is 597. The van der Waals surface area contributed by atoms with E-state index in [1.165, 1.54) is 0 Å². The number of halogens is 2. The minimum absolute atomic E-state index is 0.0373. The lowest BCUT2D eigenvalue weighted by molar-refractivity contribution is -0.154. The van der Waals surface area contributed by atoms with Crippen LogP contribution in [0.25, 0.3) is 0 Å². The SMILES string of the molecule is O=C1CNC(=O)C2(CCCC2)N1Cc1ccc(Cl)cc1Cl. The molecule has 4 nitrogen and oxygen atoms in total. The van der Waals surface area contributed by atoms with Crippen LogP contribution in [0.3, 0.4) is 0 Å². The summed E-state index contributed by atoms with van der Waals surface area (Å²) in [6, 6.07) is 5.22. The molecule has 1 saturated carbocycles. The average molecular weight is 327 g/mol. The first-order valence-electron chi connectivity index (χ1n) is 7.06. The van der Waals surface area contributed by atoms with Gasteiger partial charge in [-0.1, -0.05) is 42.1 Å². The largest absolute Gasteiger partial charge is 0.345 e. The van der Waals surface area contributed by atoms with Gasteiger partial charge >= 0.3 is 0 Å². The molecule has 0 radical (unpaired) electrons. The van der Waals surface area contributed by atoms with Crippen molar-refractivity contribution >= 4 is 35.0 Å². The maximum atomic E-state index is 12.3. The monoisotopic (exact) mass is 326 g/mol. The van der Waals surface area contributed by atoms with Crippen LogP contribution in [0.2, 0.25) is 10.0 Å².